The predicted octanol–water partition coefficient (Wildman–Crippen LogP) is 3.78. The minimum atomic E-state index is -0.0822. The van der Waals surface area contributed by atoms with Gasteiger partial charge in [0.25, 0.3) is 5.91 Å². The van der Waals surface area contributed by atoms with E-state index in [2.05, 4.69) is 12.2 Å². The van der Waals surface area contributed by atoms with Gasteiger partial charge in [0.1, 0.15) is 5.75 Å². The minimum Gasteiger partial charge on any atom is -0.496 e. The number of hydrogen-bond donors (Lipinski definition) is 1. The number of rotatable bonds is 8. The van der Waals surface area contributed by atoms with Gasteiger partial charge in [-0.25, -0.2) is 0 Å². The monoisotopic (exact) mass is 297 g/mol. The molecule has 0 fully saturated rings. The van der Waals surface area contributed by atoms with Crippen molar-refractivity contribution in [2.75, 3.05) is 19.5 Å². The normalized spacial score (nSPS) is 12.0. The van der Waals surface area contributed by atoms with Gasteiger partial charge in [0.05, 0.1) is 12.7 Å². The molecule has 1 aromatic carbocycles. The van der Waals surface area contributed by atoms with Gasteiger partial charge in [0.15, 0.2) is 0 Å². The van der Waals surface area contributed by atoms with Gasteiger partial charge in [-0.3, -0.25) is 4.79 Å². The largest absolute Gasteiger partial charge is 0.496 e. The minimum absolute atomic E-state index is 0.0822. The van der Waals surface area contributed by atoms with Crippen molar-refractivity contribution in [3.8, 4) is 5.75 Å². The first-order chi connectivity index (χ1) is 9.62. The van der Waals surface area contributed by atoms with Crippen molar-refractivity contribution in [3.63, 3.8) is 0 Å². The van der Waals surface area contributed by atoms with E-state index in [1.54, 1.807) is 7.11 Å². The first-order valence-electron chi connectivity index (χ1n) is 7.11. The summed E-state index contributed by atoms with van der Waals surface area (Å²) in [4.78, 5) is 12.3. The number of benzene rings is 1. The van der Waals surface area contributed by atoms with E-state index >= 15 is 0 Å². The van der Waals surface area contributed by atoms with Crippen LogP contribution >= 0.6 is 11.6 Å². The van der Waals surface area contributed by atoms with Crippen LogP contribution in [0.4, 0.5) is 0 Å². The second kappa shape index (κ2) is 8.85. The lowest BCUT2D eigenvalue weighted by molar-refractivity contribution is 0.0943. The van der Waals surface area contributed by atoms with Crippen molar-refractivity contribution < 1.29 is 9.53 Å². The highest BCUT2D eigenvalue weighted by molar-refractivity contribution is 6.17. The van der Waals surface area contributed by atoms with E-state index in [0.29, 0.717) is 29.7 Å². The highest BCUT2D eigenvalue weighted by atomic mass is 35.5. The van der Waals surface area contributed by atoms with Crippen molar-refractivity contribution in [1.29, 1.82) is 0 Å². The summed E-state index contributed by atoms with van der Waals surface area (Å²) >= 11 is 5.80. The first kappa shape index (κ1) is 16.8. The molecule has 0 aliphatic heterocycles. The maximum atomic E-state index is 12.3. The van der Waals surface area contributed by atoms with E-state index < -0.39 is 0 Å². The summed E-state index contributed by atoms with van der Waals surface area (Å²) < 4.78 is 5.24. The summed E-state index contributed by atoms with van der Waals surface area (Å²) in [6, 6.07) is 5.61. The van der Waals surface area contributed by atoms with Gasteiger partial charge < -0.3 is 10.1 Å². The van der Waals surface area contributed by atoms with Crippen LogP contribution in [0.1, 0.15) is 42.1 Å². The summed E-state index contributed by atoms with van der Waals surface area (Å²) in [7, 11) is 1.58. The van der Waals surface area contributed by atoms with E-state index in [1.165, 1.54) is 0 Å². The Kier molecular flexibility index (Phi) is 7.45. The van der Waals surface area contributed by atoms with Crippen molar-refractivity contribution in [2.45, 2.75) is 33.1 Å². The number of methoxy groups -OCH3 is 1. The van der Waals surface area contributed by atoms with Crippen LogP contribution in [0, 0.1) is 12.8 Å². The smallest absolute Gasteiger partial charge is 0.255 e. The Labute approximate surface area is 126 Å². The van der Waals surface area contributed by atoms with Crippen LogP contribution in [0.3, 0.4) is 0 Å². The quantitative estimate of drug-likeness (QED) is 0.742. The Balaban J connectivity index is 2.68. The Morgan fingerprint density at radius 2 is 2.15 bits per heavy atom. The summed E-state index contributed by atoms with van der Waals surface area (Å²) in [5, 5.41) is 2.99. The fraction of sp³-hybridized carbons (Fsp3) is 0.562. The number of aryl methyl sites for hydroxylation is 1. The van der Waals surface area contributed by atoms with Crippen LogP contribution in [0.15, 0.2) is 18.2 Å². The maximum absolute atomic E-state index is 12.3. The Morgan fingerprint density at radius 1 is 1.40 bits per heavy atom. The lowest BCUT2D eigenvalue weighted by Crippen LogP contribution is -2.30. The van der Waals surface area contributed by atoms with Gasteiger partial charge in [-0.1, -0.05) is 25.0 Å². The van der Waals surface area contributed by atoms with E-state index in [1.807, 2.05) is 25.1 Å². The van der Waals surface area contributed by atoms with Crippen LogP contribution in [0.2, 0.25) is 0 Å². The zero-order chi connectivity index (χ0) is 15.0. The zero-order valence-electron chi connectivity index (χ0n) is 12.5. The Hall–Kier alpha value is -1.22. The molecule has 1 rings (SSSR count). The van der Waals surface area contributed by atoms with Gasteiger partial charge in [-0.15, -0.1) is 11.6 Å². The van der Waals surface area contributed by atoms with Gasteiger partial charge >= 0.3 is 0 Å². The third kappa shape index (κ3) is 5.04. The van der Waals surface area contributed by atoms with Crippen LogP contribution in [-0.4, -0.2) is 25.4 Å². The molecule has 0 aromatic heterocycles. The van der Waals surface area contributed by atoms with Crippen molar-refractivity contribution in [2.24, 2.45) is 5.92 Å². The number of carbonyl (C=O) groups excluding carboxylic acids is 1. The molecule has 3 nitrogen and oxygen atoms in total. The zero-order valence-corrected chi connectivity index (χ0v) is 13.3. The SMILES string of the molecule is CCCC(CCCl)CNC(=O)c1cc(C)ccc1OC. The second-order valence-electron chi connectivity index (χ2n) is 5.05. The standard InChI is InChI=1S/C16H24ClNO2/c1-4-5-13(8-9-17)11-18-16(19)14-10-12(2)6-7-15(14)20-3/h6-7,10,13H,4-5,8-9,11H2,1-3H3,(H,18,19). The number of nitrogens with one attached hydrogen (secondary N) is 1. The average molecular weight is 298 g/mol. The molecule has 0 radical (unpaired) electrons. The predicted molar refractivity (Wildman–Crippen MR) is 83.8 cm³/mol. The second-order valence-corrected chi connectivity index (χ2v) is 5.42. The molecule has 0 bridgehead atoms. The van der Waals surface area contributed by atoms with Crippen LogP contribution in [0.25, 0.3) is 0 Å². The molecular weight excluding hydrogens is 274 g/mol. The van der Waals surface area contributed by atoms with Crippen LogP contribution < -0.4 is 10.1 Å². The molecule has 1 amide bonds. The average Bonchev–Trinajstić information content (AvgIpc) is 2.45. The molecule has 0 aliphatic carbocycles. The molecule has 1 atom stereocenters. The van der Waals surface area contributed by atoms with Crippen molar-refractivity contribution in [3.05, 3.63) is 29.3 Å². The van der Waals surface area contributed by atoms with E-state index in [4.69, 9.17) is 16.3 Å². The van der Waals surface area contributed by atoms with Gasteiger partial charge in [0, 0.05) is 12.4 Å². The van der Waals surface area contributed by atoms with Gasteiger partial charge in [-0.05, 0) is 37.8 Å². The number of hydrogen-bond acceptors (Lipinski definition) is 2. The molecule has 0 saturated heterocycles. The molecule has 0 spiro atoms. The third-order valence-electron chi connectivity index (χ3n) is 3.37. The molecule has 1 unspecified atom stereocenters. The van der Waals surface area contributed by atoms with Crippen molar-refractivity contribution >= 4 is 17.5 Å². The maximum Gasteiger partial charge on any atom is 0.255 e. The first-order valence-corrected chi connectivity index (χ1v) is 7.64. The fourth-order valence-electron chi connectivity index (χ4n) is 2.24. The summed E-state index contributed by atoms with van der Waals surface area (Å²) in [6.07, 6.45) is 3.11. The summed E-state index contributed by atoms with van der Waals surface area (Å²) in [6.45, 7) is 4.77. The molecule has 20 heavy (non-hydrogen) atoms. The molecule has 0 aliphatic rings. The summed E-state index contributed by atoms with van der Waals surface area (Å²) in [5.74, 6) is 1.60. The number of ether oxygens (including phenoxy) is 1. The third-order valence-corrected chi connectivity index (χ3v) is 3.58. The highest BCUT2D eigenvalue weighted by Gasteiger charge is 2.14. The molecule has 1 N–H and O–H groups in total. The Bertz CT molecular complexity index is 428. The Morgan fingerprint density at radius 3 is 2.75 bits per heavy atom. The molecular formula is C16H24ClNO2. The molecule has 4 heteroatoms. The van der Waals surface area contributed by atoms with E-state index in [9.17, 15) is 4.79 Å². The molecule has 0 heterocycles. The molecule has 112 valence electrons. The van der Waals surface area contributed by atoms with E-state index in [0.717, 1.165) is 24.8 Å². The lowest BCUT2D eigenvalue weighted by atomic mass is 10.0. The van der Waals surface area contributed by atoms with E-state index in [-0.39, 0.29) is 5.91 Å². The van der Waals surface area contributed by atoms with Crippen molar-refractivity contribution in [1.82, 2.24) is 5.32 Å². The topological polar surface area (TPSA) is 38.3 Å². The van der Waals surface area contributed by atoms with Crippen LogP contribution in [-0.2, 0) is 0 Å². The van der Waals surface area contributed by atoms with Crippen LogP contribution in [0.5, 0.6) is 5.75 Å². The highest BCUT2D eigenvalue weighted by Crippen LogP contribution is 2.20. The molecule has 0 saturated carbocycles. The van der Waals surface area contributed by atoms with Gasteiger partial charge in [0.2, 0.25) is 0 Å². The fourth-order valence-corrected chi connectivity index (χ4v) is 2.55. The number of halogens is 1. The summed E-state index contributed by atoms with van der Waals surface area (Å²) in [5.41, 5.74) is 1.63. The van der Waals surface area contributed by atoms with Gasteiger partial charge in [-0.2, -0.15) is 0 Å². The lowest BCUT2D eigenvalue weighted by Gasteiger charge is -2.16. The number of carbonyl (C=O) groups is 1. The number of amides is 1. The molecule has 1 aromatic rings. The number of alkyl halides is 1.